The van der Waals surface area contributed by atoms with Crippen LogP contribution >= 0.6 is 0 Å². The summed E-state index contributed by atoms with van der Waals surface area (Å²) in [5, 5.41) is 1.13. The smallest absolute Gasteiger partial charge is 0.190 e. The lowest BCUT2D eigenvalue weighted by molar-refractivity contribution is 1.48. The van der Waals surface area contributed by atoms with Gasteiger partial charge in [-0.15, -0.1) is 0 Å². The van der Waals surface area contributed by atoms with Crippen molar-refractivity contribution in [2.75, 3.05) is 0 Å². The van der Waals surface area contributed by atoms with Gasteiger partial charge in [-0.3, -0.25) is 4.79 Å². The predicted molar refractivity (Wildman–Crippen MR) is 57.1 cm³/mol. The van der Waals surface area contributed by atoms with Crippen molar-refractivity contribution in [3.63, 3.8) is 0 Å². The van der Waals surface area contributed by atoms with E-state index < -0.39 is 0 Å². The van der Waals surface area contributed by atoms with E-state index in [0.717, 1.165) is 27.6 Å². The van der Waals surface area contributed by atoms with E-state index >= 15 is 0 Å². The lowest BCUT2D eigenvalue weighted by Gasteiger charge is -1.89. The first kappa shape index (κ1) is 7.56. The van der Waals surface area contributed by atoms with Crippen LogP contribution in [0.4, 0.5) is 0 Å². The molecule has 0 aliphatic heterocycles. The van der Waals surface area contributed by atoms with Crippen LogP contribution in [0.5, 0.6) is 0 Å². The van der Waals surface area contributed by atoms with E-state index in [4.69, 9.17) is 0 Å². The number of rotatable bonds is 1. The largest absolute Gasteiger partial charge is 0.361 e. The predicted octanol–water partition coefficient (Wildman–Crippen LogP) is 2.38. The summed E-state index contributed by atoms with van der Waals surface area (Å²) in [5.74, 6) is 0. The molecule has 0 radical (unpaired) electrons. The summed E-state index contributed by atoms with van der Waals surface area (Å²) >= 11 is 0. The molecule has 0 aliphatic rings. The molecule has 0 fully saturated rings. The summed E-state index contributed by atoms with van der Waals surface area (Å²) in [6.07, 6.45) is 1.91. The maximum absolute atomic E-state index is 11.3. The Morgan fingerprint density at radius 3 is 2.64 bits per heavy atom. The SMILES string of the molecule is Cc1c(-c2c[nH]c3ccccc23)c1=O. The highest BCUT2D eigenvalue weighted by molar-refractivity contribution is 5.98. The first-order valence-electron chi connectivity index (χ1n) is 4.61. The van der Waals surface area contributed by atoms with Crippen LogP contribution in [0.1, 0.15) is 5.56 Å². The summed E-state index contributed by atoms with van der Waals surface area (Å²) in [5.41, 5.74) is 4.12. The standard InChI is InChI=1S/C12H9NO/c1-7-11(12(7)14)9-6-13-10-5-3-2-4-8(9)10/h2-6,13H,1H3. The quantitative estimate of drug-likeness (QED) is 0.617. The molecule has 0 aliphatic carbocycles. The molecule has 68 valence electrons. The van der Waals surface area contributed by atoms with Crippen molar-refractivity contribution in [2.24, 2.45) is 0 Å². The monoisotopic (exact) mass is 183 g/mol. The second kappa shape index (κ2) is 2.35. The van der Waals surface area contributed by atoms with Crippen molar-refractivity contribution >= 4 is 10.9 Å². The maximum atomic E-state index is 11.3. The van der Waals surface area contributed by atoms with Gasteiger partial charge in [0.25, 0.3) is 0 Å². The van der Waals surface area contributed by atoms with Gasteiger partial charge in [0.15, 0.2) is 5.43 Å². The van der Waals surface area contributed by atoms with E-state index in [9.17, 15) is 4.79 Å². The third-order valence-corrected chi connectivity index (χ3v) is 2.74. The van der Waals surface area contributed by atoms with Crippen molar-refractivity contribution in [2.45, 2.75) is 6.92 Å². The van der Waals surface area contributed by atoms with Gasteiger partial charge >= 0.3 is 0 Å². The highest BCUT2D eigenvalue weighted by Crippen LogP contribution is 2.31. The molecule has 0 spiro atoms. The Morgan fingerprint density at radius 2 is 1.93 bits per heavy atom. The van der Waals surface area contributed by atoms with Crippen LogP contribution in [0.3, 0.4) is 0 Å². The summed E-state index contributed by atoms with van der Waals surface area (Å²) in [6.45, 7) is 1.87. The van der Waals surface area contributed by atoms with Gasteiger partial charge < -0.3 is 4.98 Å². The van der Waals surface area contributed by atoms with Gasteiger partial charge in [0.2, 0.25) is 0 Å². The molecule has 0 saturated heterocycles. The van der Waals surface area contributed by atoms with Crippen molar-refractivity contribution < 1.29 is 0 Å². The highest BCUT2D eigenvalue weighted by atomic mass is 16.1. The number of hydrogen-bond donors (Lipinski definition) is 1. The Hall–Kier alpha value is -1.83. The minimum absolute atomic E-state index is 0.203. The molecule has 0 amide bonds. The average molecular weight is 183 g/mol. The molecular weight excluding hydrogens is 174 g/mol. The number of H-pyrrole nitrogens is 1. The fraction of sp³-hybridized carbons (Fsp3) is 0.0833. The number of para-hydroxylation sites is 1. The molecular formula is C12H9NO. The lowest BCUT2D eigenvalue weighted by atomic mass is 10.1. The number of fused-ring (bicyclic) bond motifs is 1. The van der Waals surface area contributed by atoms with Crippen LogP contribution in [0, 0.1) is 6.92 Å². The van der Waals surface area contributed by atoms with Gasteiger partial charge in [0.1, 0.15) is 0 Å². The summed E-state index contributed by atoms with van der Waals surface area (Å²) in [7, 11) is 0. The molecule has 0 atom stereocenters. The van der Waals surface area contributed by atoms with Crippen LogP contribution in [-0.2, 0) is 0 Å². The number of hydrogen-bond acceptors (Lipinski definition) is 1. The van der Waals surface area contributed by atoms with Crippen LogP contribution in [0.2, 0.25) is 0 Å². The fourth-order valence-corrected chi connectivity index (χ4v) is 1.86. The zero-order valence-electron chi connectivity index (χ0n) is 7.79. The van der Waals surface area contributed by atoms with Crippen LogP contribution in [0.15, 0.2) is 35.3 Å². The van der Waals surface area contributed by atoms with E-state index in [1.807, 2.05) is 37.4 Å². The molecule has 2 heteroatoms. The second-order valence-corrected chi connectivity index (χ2v) is 3.58. The fourth-order valence-electron chi connectivity index (χ4n) is 1.86. The summed E-state index contributed by atoms with van der Waals surface area (Å²) < 4.78 is 0. The first-order chi connectivity index (χ1) is 6.79. The molecule has 14 heavy (non-hydrogen) atoms. The van der Waals surface area contributed by atoms with Crippen LogP contribution in [0.25, 0.3) is 22.0 Å². The Balaban J connectivity index is 2.33. The Morgan fingerprint density at radius 1 is 1.21 bits per heavy atom. The summed E-state index contributed by atoms with van der Waals surface area (Å²) in [6, 6.07) is 8.02. The number of benzene rings is 1. The molecule has 1 aromatic heterocycles. The third kappa shape index (κ3) is 0.826. The van der Waals surface area contributed by atoms with Gasteiger partial charge in [-0.2, -0.15) is 0 Å². The van der Waals surface area contributed by atoms with E-state index in [1.54, 1.807) is 0 Å². The van der Waals surface area contributed by atoms with E-state index in [0.29, 0.717) is 0 Å². The molecule has 0 unspecified atom stereocenters. The number of nitrogens with one attached hydrogen (secondary N) is 1. The van der Waals surface area contributed by atoms with Gasteiger partial charge in [0, 0.05) is 33.8 Å². The Labute approximate surface area is 80.9 Å². The Bertz CT molecular complexity index is 623. The molecule has 0 saturated carbocycles. The normalized spacial score (nSPS) is 11.5. The zero-order chi connectivity index (χ0) is 9.71. The minimum atomic E-state index is 0.203. The van der Waals surface area contributed by atoms with Gasteiger partial charge in [0.05, 0.1) is 0 Å². The average Bonchev–Trinajstić information content (AvgIpc) is 2.67. The van der Waals surface area contributed by atoms with E-state index in [-0.39, 0.29) is 5.43 Å². The van der Waals surface area contributed by atoms with Crippen molar-refractivity contribution in [1.29, 1.82) is 0 Å². The van der Waals surface area contributed by atoms with Crippen LogP contribution in [-0.4, -0.2) is 4.98 Å². The van der Waals surface area contributed by atoms with E-state index in [1.165, 1.54) is 0 Å². The van der Waals surface area contributed by atoms with Gasteiger partial charge in [-0.05, 0) is 13.0 Å². The van der Waals surface area contributed by atoms with Crippen molar-refractivity contribution in [3.8, 4) is 11.1 Å². The third-order valence-electron chi connectivity index (χ3n) is 2.74. The molecule has 3 aromatic rings. The second-order valence-electron chi connectivity index (χ2n) is 3.58. The lowest BCUT2D eigenvalue weighted by Crippen LogP contribution is -1.75. The maximum Gasteiger partial charge on any atom is 0.190 e. The number of aromatic nitrogens is 1. The van der Waals surface area contributed by atoms with Crippen LogP contribution < -0.4 is 5.43 Å². The zero-order valence-corrected chi connectivity index (χ0v) is 7.79. The van der Waals surface area contributed by atoms with E-state index in [2.05, 4.69) is 4.98 Å². The molecule has 1 N–H and O–H groups in total. The molecule has 1 heterocycles. The molecule has 0 bridgehead atoms. The molecule has 2 aromatic carbocycles. The van der Waals surface area contributed by atoms with Crippen molar-refractivity contribution in [3.05, 3.63) is 46.2 Å². The molecule has 2 nitrogen and oxygen atoms in total. The minimum Gasteiger partial charge on any atom is -0.361 e. The topological polar surface area (TPSA) is 32.9 Å². The van der Waals surface area contributed by atoms with Gasteiger partial charge in [-0.25, -0.2) is 0 Å². The Kier molecular flexibility index (Phi) is 1.27. The first-order valence-corrected chi connectivity index (χ1v) is 4.61. The molecule has 3 rings (SSSR count). The highest BCUT2D eigenvalue weighted by Gasteiger charge is 2.21. The van der Waals surface area contributed by atoms with Gasteiger partial charge in [-0.1, -0.05) is 18.2 Å². The number of aromatic amines is 1. The summed E-state index contributed by atoms with van der Waals surface area (Å²) in [4.78, 5) is 14.4. The van der Waals surface area contributed by atoms with Crippen molar-refractivity contribution in [1.82, 2.24) is 4.98 Å².